The first-order valence-electron chi connectivity index (χ1n) is 7.81. The number of aromatic amines is 1. The SMILES string of the molecule is CCOC(=O)C1=C(C)NC(=O)/C1=C\c1c(O)[nH]c(C)c1C(=O)OCC. The number of aromatic hydroxyl groups is 1. The van der Waals surface area contributed by atoms with Crippen LogP contribution in [0.1, 0.15) is 42.4 Å². The van der Waals surface area contributed by atoms with Crippen LogP contribution in [0.4, 0.5) is 0 Å². The van der Waals surface area contributed by atoms with E-state index < -0.39 is 17.8 Å². The van der Waals surface area contributed by atoms with Crippen molar-refractivity contribution in [2.24, 2.45) is 0 Å². The van der Waals surface area contributed by atoms with Crippen molar-refractivity contribution >= 4 is 23.9 Å². The minimum atomic E-state index is -0.658. The molecular weight excluding hydrogens is 328 g/mol. The zero-order valence-corrected chi connectivity index (χ0v) is 14.5. The number of rotatable bonds is 5. The predicted octanol–water partition coefficient (Wildman–Crippen LogP) is 1.56. The number of ether oxygens (including phenoxy) is 2. The summed E-state index contributed by atoms with van der Waals surface area (Å²) in [6.07, 6.45) is 1.28. The van der Waals surface area contributed by atoms with Gasteiger partial charge in [0.15, 0.2) is 5.88 Å². The molecule has 1 aliphatic heterocycles. The van der Waals surface area contributed by atoms with E-state index in [1.807, 2.05) is 0 Å². The zero-order chi connectivity index (χ0) is 18.7. The Bertz CT molecular complexity index is 800. The topological polar surface area (TPSA) is 118 Å². The molecular formula is C17H20N2O6. The van der Waals surface area contributed by atoms with Crippen molar-refractivity contribution < 1.29 is 29.0 Å². The van der Waals surface area contributed by atoms with Gasteiger partial charge in [-0.15, -0.1) is 0 Å². The monoisotopic (exact) mass is 348 g/mol. The molecule has 0 aliphatic carbocycles. The van der Waals surface area contributed by atoms with Crippen molar-refractivity contribution in [2.75, 3.05) is 13.2 Å². The highest BCUT2D eigenvalue weighted by atomic mass is 16.5. The van der Waals surface area contributed by atoms with Gasteiger partial charge in [0.1, 0.15) is 0 Å². The first-order chi connectivity index (χ1) is 11.8. The van der Waals surface area contributed by atoms with Crippen molar-refractivity contribution in [2.45, 2.75) is 27.7 Å². The second-order valence-corrected chi connectivity index (χ2v) is 5.34. The lowest BCUT2D eigenvalue weighted by Gasteiger charge is -2.06. The Kier molecular flexibility index (Phi) is 5.31. The molecule has 2 rings (SSSR count). The van der Waals surface area contributed by atoms with Gasteiger partial charge in [-0.25, -0.2) is 9.59 Å². The van der Waals surface area contributed by atoms with Crippen LogP contribution in [0, 0.1) is 6.92 Å². The molecule has 1 amide bonds. The molecule has 134 valence electrons. The van der Waals surface area contributed by atoms with Crippen LogP contribution in [0.2, 0.25) is 0 Å². The van der Waals surface area contributed by atoms with Crippen LogP contribution in [0.25, 0.3) is 6.08 Å². The van der Waals surface area contributed by atoms with Crippen LogP contribution in [0.3, 0.4) is 0 Å². The summed E-state index contributed by atoms with van der Waals surface area (Å²) >= 11 is 0. The van der Waals surface area contributed by atoms with E-state index in [0.29, 0.717) is 11.4 Å². The Morgan fingerprint density at radius 1 is 1.12 bits per heavy atom. The molecule has 0 fully saturated rings. The lowest BCUT2D eigenvalue weighted by atomic mass is 10.0. The third-order valence-corrected chi connectivity index (χ3v) is 3.64. The molecule has 0 aromatic carbocycles. The molecule has 25 heavy (non-hydrogen) atoms. The van der Waals surface area contributed by atoms with Crippen LogP contribution in [0.5, 0.6) is 5.88 Å². The molecule has 0 spiro atoms. The molecule has 1 aromatic rings. The summed E-state index contributed by atoms with van der Waals surface area (Å²) < 4.78 is 9.96. The summed E-state index contributed by atoms with van der Waals surface area (Å²) in [5.41, 5.74) is 0.999. The van der Waals surface area contributed by atoms with Gasteiger partial charge in [-0.3, -0.25) is 4.79 Å². The van der Waals surface area contributed by atoms with Gasteiger partial charge in [0.25, 0.3) is 5.91 Å². The third-order valence-electron chi connectivity index (χ3n) is 3.64. The number of carbonyl (C=O) groups is 3. The van der Waals surface area contributed by atoms with Crippen LogP contribution in [0.15, 0.2) is 16.8 Å². The van der Waals surface area contributed by atoms with Gasteiger partial charge < -0.3 is 24.9 Å². The Morgan fingerprint density at radius 3 is 2.32 bits per heavy atom. The largest absolute Gasteiger partial charge is 0.494 e. The lowest BCUT2D eigenvalue weighted by Crippen LogP contribution is -2.15. The van der Waals surface area contributed by atoms with Crippen LogP contribution in [-0.2, 0) is 19.1 Å². The molecule has 1 aromatic heterocycles. The Labute approximate surface area is 144 Å². The van der Waals surface area contributed by atoms with Gasteiger partial charge in [0.2, 0.25) is 0 Å². The number of aromatic nitrogens is 1. The van der Waals surface area contributed by atoms with Crippen molar-refractivity contribution in [3.05, 3.63) is 33.7 Å². The standard InChI is InChI=1S/C17H20N2O6/c1-5-24-16(22)12-8(3)18-14(20)10(12)7-11-13(17(23)25-6-2)9(4)19-15(11)21/h7,18,20H,5-6H2,1-4H3,(H,19,21)/b11-7-. The Morgan fingerprint density at radius 2 is 1.72 bits per heavy atom. The van der Waals surface area contributed by atoms with Gasteiger partial charge in [-0.1, -0.05) is 0 Å². The van der Waals surface area contributed by atoms with E-state index >= 15 is 0 Å². The fourth-order valence-electron chi connectivity index (χ4n) is 2.60. The fraction of sp³-hybridized carbons (Fsp3) is 0.353. The molecule has 0 saturated heterocycles. The number of amides is 1. The number of allylic oxidation sites excluding steroid dienone is 1. The maximum atomic E-state index is 12.2. The highest BCUT2D eigenvalue weighted by molar-refractivity contribution is 6.17. The first-order valence-corrected chi connectivity index (χ1v) is 7.81. The second-order valence-electron chi connectivity index (χ2n) is 5.34. The highest BCUT2D eigenvalue weighted by Gasteiger charge is 2.32. The van der Waals surface area contributed by atoms with Gasteiger partial charge in [-0.2, -0.15) is 0 Å². The minimum Gasteiger partial charge on any atom is -0.494 e. The molecule has 8 nitrogen and oxygen atoms in total. The number of hydrogen-bond acceptors (Lipinski definition) is 6. The number of carbonyl (C=O) groups excluding carboxylic acids is 3. The number of aryl methyl sites for hydroxylation is 1. The Balaban J connectivity index is 2.57. The number of nitrogens with one attached hydrogen (secondary N) is 2. The normalized spacial score (nSPS) is 15.5. The zero-order valence-electron chi connectivity index (χ0n) is 14.5. The fourth-order valence-corrected chi connectivity index (χ4v) is 2.60. The quantitative estimate of drug-likeness (QED) is 0.549. The van der Waals surface area contributed by atoms with Gasteiger partial charge in [-0.05, 0) is 33.8 Å². The molecule has 0 radical (unpaired) electrons. The van der Waals surface area contributed by atoms with Crippen molar-refractivity contribution in [1.29, 1.82) is 0 Å². The van der Waals surface area contributed by atoms with Crippen molar-refractivity contribution in [3.8, 4) is 5.88 Å². The van der Waals surface area contributed by atoms with Crippen molar-refractivity contribution in [1.82, 2.24) is 10.3 Å². The van der Waals surface area contributed by atoms with E-state index in [4.69, 9.17) is 9.47 Å². The van der Waals surface area contributed by atoms with Crippen molar-refractivity contribution in [3.63, 3.8) is 0 Å². The summed E-state index contributed by atoms with van der Waals surface area (Å²) in [5.74, 6) is -2.11. The van der Waals surface area contributed by atoms with Gasteiger partial charge in [0, 0.05) is 11.4 Å². The second kappa shape index (κ2) is 7.25. The molecule has 3 N–H and O–H groups in total. The van der Waals surface area contributed by atoms with Crippen LogP contribution < -0.4 is 5.32 Å². The summed E-state index contributed by atoms with van der Waals surface area (Å²) in [4.78, 5) is 39.1. The van der Waals surface area contributed by atoms with Crippen LogP contribution >= 0.6 is 0 Å². The van der Waals surface area contributed by atoms with E-state index in [-0.39, 0.29) is 41.4 Å². The average Bonchev–Trinajstić information content (AvgIpc) is 2.96. The average molecular weight is 348 g/mol. The van der Waals surface area contributed by atoms with Gasteiger partial charge >= 0.3 is 11.9 Å². The summed E-state index contributed by atoms with van der Waals surface area (Å²) in [7, 11) is 0. The van der Waals surface area contributed by atoms with Crippen LogP contribution in [-0.4, -0.2) is 41.2 Å². The van der Waals surface area contributed by atoms with E-state index in [0.717, 1.165) is 0 Å². The molecule has 1 aliphatic rings. The Hall–Kier alpha value is -3.03. The van der Waals surface area contributed by atoms with E-state index in [2.05, 4.69) is 10.3 Å². The number of H-pyrrole nitrogens is 1. The molecule has 8 heteroatoms. The van der Waals surface area contributed by atoms with Gasteiger partial charge in [0.05, 0.1) is 35.5 Å². The molecule has 0 atom stereocenters. The minimum absolute atomic E-state index is 0.01000. The molecule has 2 heterocycles. The van der Waals surface area contributed by atoms with E-state index in [9.17, 15) is 19.5 Å². The maximum absolute atomic E-state index is 12.2. The summed E-state index contributed by atoms with van der Waals surface area (Å²) in [5, 5.41) is 12.6. The van der Waals surface area contributed by atoms with E-state index in [1.165, 1.54) is 6.08 Å². The highest BCUT2D eigenvalue weighted by Crippen LogP contribution is 2.31. The summed E-state index contributed by atoms with van der Waals surface area (Å²) in [6, 6.07) is 0. The number of esters is 2. The number of hydrogen-bond donors (Lipinski definition) is 3. The summed E-state index contributed by atoms with van der Waals surface area (Å²) in [6.45, 7) is 6.79. The predicted molar refractivity (Wildman–Crippen MR) is 88.6 cm³/mol. The third kappa shape index (κ3) is 3.42. The molecule has 0 unspecified atom stereocenters. The molecule has 0 bridgehead atoms. The lowest BCUT2D eigenvalue weighted by molar-refractivity contribution is -0.138. The smallest absolute Gasteiger partial charge is 0.340 e. The maximum Gasteiger partial charge on any atom is 0.340 e. The molecule has 0 saturated carbocycles. The van der Waals surface area contributed by atoms with E-state index in [1.54, 1.807) is 27.7 Å². The first kappa shape index (κ1) is 18.3.